The first-order valence-electron chi connectivity index (χ1n) is 23.2. The van der Waals surface area contributed by atoms with Crippen LogP contribution < -0.4 is 30.9 Å². The Morgan fingerprint density at radius 3 is 2.25 bits per heavy atom. The van der Waals surface area contributed by atoms with E-state index in [1.807, 2.05) is 13.8 Å². The zero-order valence-electron chi connectivity index (χ0n) is 38.7. The molecule has 5 heterocycles. The summed E-state index contributed by atoms with van der Waals surface area (Å²) in [5.41, 5.74) is 4.80. The molecule has 3 N–H and O–H groups in total. The van der Waals surface area contributed by atoms with Crippen LogP contribution in [0.4, 0.5) is 42.0 Å². The Morgan fingerprint density at radius 2 is 1.60 bits per heavy atom. The van der Waals surface area contributed by atoms with Crippen molar-refractivity contribution in [2.24, 2.45) is 0 Å². The molecule has 2 aromatic heterocycles. The van der Waals surface area contributed by atoms with Crippen molar-refractivity contribution in [2.45, 2.75) is 77.7 Å². The number of nitrogens with zero attached hydrogens (tertiary/aromatic N) is 6. The van der Waals surface area contributed by atoms with Crippen LogP contribution in [0.25, 0.3) is 10.9 Å². The van der Waals surface area contributed by atoms with Crippen molar-refractivity contribution >= 4 is 79.9 Å². The van der Waals surface area contributed by atoms with Crippen LogP contribution in [0.2, 0.25) is 0 Å². The minimum Gasteiger partial charge on any atom is -0.492 e. The van der Waals surface area contributed by atoms with Gasteiger partial charge in [0.05, 0.1) is 39.6 Å². The summed E-state index contributed by atoms with van der Waals surface area (Å²) in [5, 5.41) is 9.92. The summed E-state index contributed by atoms with van der Waals surface area (Å²) in [6.45, 7) is 15.8. The summed E-state index contributed by atoms with van der Waals surface area (Å²) >= 11 is 3.58. The Labute approximate surface area is 398 Å². The zero-order valence-corrected chi connectivity index (χ0v) is 41.1. The number of ether oxygens (including phenoxy) is 1. The summed E-state index contributed by atoms with van der Waals surface area (Å²) in [5.74, 6) is -2.55. The predicted molar refractivity (Wildman–Crippen MR) is 262 cm³/mol. The summed E-state index contributed by atoms with van der Waals surface area (Å²) in [6.07, 6.45) is 5.56. The monoisotopic (exact) mass is 1000 g/mol. The van der Waals surface area contributed by atoms with Crippen molar-refractivity contribution in [2.75, 3.05) is 81.3 Å². The van der Waals surface area contributed by atoms with E-state index < -0.39 is 42.3 Å². The maximum Gasteiger partial charge on any atom is 0.234 e. The summed E-state index contributed by atoms with van der Waals surface area (Å²) < 4.78 is 65.8. The molecule has 67 heavy (non-hydrogen) atoms. The van der Waals surface area contributed by atoms with Crippen molar-refractivity contribution in [3.05, 3.63) is 93.0 Å². The second-order valence-electron chi connectivity index (χ2n) is 17.9. The molecular formula is C49H58BrF3N9O4P. The zero-order chi connectivity index (χ0) is 47.6. The molecule has 3 aliphatic rings. The number of pyridine rings is 1. The maximum atomic E-state index is 15.1. The molecule has 3 saturated heterocycles. The van der Waals surface area contributed by atoms with Gasteiger partial charge in [0.2, 0.25) is 17.8 Å². The van der Waals surface area contributed by atoms with Gasteiger partial charge in [-0.3, -0.25) is 19.8 Å². The lowest BCUT2D eigenvalue weighted by molar-refractivity contribution is -0.134. The maximum absolute atomic E-state index is 15.1. The van der Waals surface area contributed by atoms with Crippen LogP contribution in [0.3, 0.4) is 0 Å². The van der Waals surface area contributed by atoms with E-state index in [0.717, 1.165) is 75.5 Å². The molecule has 1 atom stereocenters. The number of halogens is 4. The molecule has 0 saturated carbocycles. The molecule has 0 spiro atoms. The van der Waals surface area contributed by atoms with E-state index in [-0.39, 0.29) is 18.4 Å². The number of anilines is 5. The number of piperazine rings is 1. The van der Waals surface area contributed by atoms with Crippen LogP contribution in [-0.2, 0) is 33.4 Å². The van der Waals surface area contributed by atoms with Crippen molar-refractivity contribution in [3.63, 3.8) is 0 Å². The Balaban J connectivity index is 0.892. The average Bonchev–Trinajstić information content (AvgIpc) is 3.30. The molecule has 1 unspecified atom stereocenters. The number of aromatic nitrogens is 3. The number of aryl methyl sites for hydroxylation is 2. The van der Waals surface area contributed by atoms with Crippen molar-refractivity contribution in [3.8, 4) is 5.75 Å². The molecular weight excluding hydrogens is 946 g/mol. The largest absolute Gasteiger partial charge is 0.492 e. The Kier molecular flexibility index (Phi) is 14.9. The highest BCUT2D eigenvalue weighted by Crippen LogP contribution is 2.43. The number of hydrogen-bond acceptors (Lipinski definition) is 12. The van der Waals surface area contributed by atoms with Gasteiger partial charge in [-0.1, -0.05) is 13.8 Å². The van der Waals surface area contributed by atoms with Crippen LogP contribution in [0.15, 0.2) is 53.1 Å². The van der Waals surface area contributed by atoms with Crippen LogP contribution in [0.1, 0.15) is 74.8 Å². The first-order valence-corrected chi connectivity index (χ1v) is 26.6. The molecule has 13 nitrogen and oxygen atoms in total. The Hall–Kier alpha value is -5.09. The van der Waals surface area contributed by atoms with E-state index in [9.17, 15) is 14.2 Å². The van der Waals surface area contributed by atoms with Crippen LogP contribution in [-0.4, -0.2) is 108 Å². The lowest BCUT2D eigenvalue weighted by atomic mass is 9.89. The van der Waals surface area contributed by atoms with Gasteiger partial charge < -0.3 is 29.7 Å². The van der Waals surface area contributed by atoms with Crippen molar-refractivity contribution < 1.29 is 32.1 Å². The standard InChI is InChI=1S/C49H58BrF3N9O4P/c1-6-30-25-41(57-49-54-28-34(50)47(59-49)56-40-11-10-39-33(46(40)67(4,5)65)26-35(51)38(7-2)55-39)43(66-8-3)27-42(30)62-17-14-31(15-18-62)61-21-19-60(20-22-61)16-13-29-23-36(52)45(37(53)24-29)32-9-12-44(63)58-48(32)64/h10-11,23-28,31-32H,6-9,12-22H2,1-5H3,(H,58,63,64)(H2,54,56,57,59). The van der Waals surface area contributed by atoms with Gasteiger partial charge in [-0.15, -0.1) is 0 Å². The number of amides is 2. The van der Waals surface area contributed by atoms with Gasteiger partial charge in [-0.25, -0.2) is 23.1 Å². The molecule has 18 heteroatoms. The number of hydrogen-bond donors (Lipinski definition) is 3. The molecule has 356 valence electrons. The van der Waals surface area contributed by atoms with E-state index >= 15 is 13.2 Å². The molecule has 0 radical (unpaired) electrons. The topological polar surface area (TPSA) is 145 Å². The van der Waals surface area contributed by atoms with Gasteiger partial charge in [0.25, 0.3) is 0 Å². The molecule has 0 bridgehead atoms. The smallest absolute Gasteiger partial charge is 0.234 e. The third-order valence-corrected chi connectivity index (χ3v) is 15.3. The van der Waals surface area contributed by atoms with Crippen molar-refractivity contribution in [1.29, 1.82) is 0 Å². The summed E-state index contributed by atoms with van der Waals surface area (Å²) in [6, 6.07) is 12.4. The predicted octanol–water partition coefficient (Wildman–Crippen LogP) is 8.81. The second kappa shape index (κ2) is 20.6. The van der Waals surface area contributed by atoms with E-state index in [2.05, 4.69) is 75.6 Å². The first-order chi connectivity index (χ1) is 32.1. The summed E-state index contributed by atoms with van der Waals surface area (Å²) in [7, 11) is -2.94. The minimum atomic E-state index is -2.94. The summed E-state index contributed by atoms with van der Waals surface area (Å²) in [4.78, 5) is 45.1. The lowest BCUT2D eigenvalue weighted by Crippen LogP contribution is -2.53. The van der Waals surface area contributed by atoms with E-state index in [1.54, 1.807) is 31.7 Å². The third kappa shape index (κ3) is 10.8. The van der Waals surface area contributed by atoms with E-state index in [0.29, 0.717) is 87.2 Å². The van der Waals surface area contributed by atoms with Crippen molar-refractivity contribution in [1.82, 2.24) is 30.1 Å². The van der Waals surface area contributed by atoms with Crippen LogP contribution in [0, 0.1) is 17.5 Å². The van der Waals surface area contributed by atoms with Crippen LogP contribution in [0.5, 0.6) is 5.75 Å². The van der Waals surface area contributed by atoms with Gasteiger partial charge in [-0.2, -0.15) is 4.98 Å². The fourth-order valence-electron chi connectivity index (χ4n) is 9.70. The Morgan fingerprint density at radius 1 is 0.866 bits per heavy atom. The number of nitrogens with one attached hydrogen (secondary N) is 3. The fourth-order valence-corrected chi connectivity index (χ4v) is 11.5. The van der Waals surface area contributed by atoms with E-state index in [1.165, 1.54) is 18.2 Å². The Bertz CT molecular complexity index is 2700. The lowest BCUT2D eigenvalue weighted by Gasteiger charge is -2.43. The molecule has 2 amide bonds. The quantitative estimate of drug-likeness (QED) is 0.0681. The number of fused-ring (bicyclic) bond motifs is 1. The molecule has 8 rings (SSSR count). The minimum absolute atomic E-state index is 0.0585. The molecule has 3 aliphatic heterocycles. The SMILES string of the molecule is CCOc1cc(N2CCC(N3CCN(CCc4cc(F)c(C5CCC(=O)NC5=O)c(F)c4)CC3)CC2)c(CC)cc1Nc1ncc(Br)c(Nc2ccc3nc(CC)c(F)cc3c2P(C)(C)=O)n1. The molecule has 3 aromatic carbocycles. The molecule has 5 aromatic rings. The van der Waals surface area contributed by atoms with Gasteiger partial charge >= 0.3 is 0 Å². The number of imide groups is 1. The number of rotatable bonds is 15. The number of piperidine rings is 2. The molecule has 3 fully saturated rings. The number of carbonyl (C=O) groups excluding carboxylic acids is 2. The van der Waals surface area contributed by atoms with Gasteiger partial charge in [-0.05, 0) is 122 Å². The highest BCUT2D eigenvalue weighted by molar-refractivity contribution is 9.10. The fraction of sp³-hybridized carbons (Fsp3) is 0.449. The number of carbonyl (C=O) groups is 2. The normalized spacial score (nSPS) is 17.8. The highest BCUT2D eigenvalue weighted by Gasteiger charge is 2.33. The number of benzene rings is 3. The molecule has 0 aliphatic carbocycles. The first kappa shape index (κ1) is 48.4. The van der Waals surface area contributed by atoms with E-state index in [4.69, 9.17) is 9.72 Å². The van der Waals surface area contributed by atoms with Crippen LogP contribution >= 0.6 is 23.1 Å². The second-order valence-corrected chi connectivity index (χ2v) is 21.9. The average molecular weight is 1000 g/mol. The van der Waals surface area contributed by atoms with Gasteiger partial charge in [0, 0.05) is 92.5 Å². The highest BCUT2D eigenvalue weighted by atomic mass is 79.9. The van der Waals surface area contributed by atoms with Gasteiger partial charge in [0.1, 0.15) is 36.2 Å². The van der Waals surface area contributed by atoms with Gasteiger partial charge in [0.15, 0.2) is 0 Å². The third-order valence-electron chi connectivity index (χ3n) is 13.1.